The summed E-state index contributed by atoms with van der Waals surface area (Å²) < 4.78 is 10.4. The monoisotopic (exact) mass is 482 g/mol. The second kappa shape index (κ2) is 11.7. The zero-order chi connectivity index (χ0) is 25.3. The molecule has 2 amide bonds. The molecule has 182 valence electrons. The van der Waals surface area contributed by atoms with E-state index in [1.54, 1.807) is 37.4 Å². The summed E-state index contributed by atoms with van der Waals surface area (Å²) in [5, 5.41) is 7.25. The van der Waals surface area contributed by atoms with E-state index in [9.17, 15) is 14.4 Å². The van der Waals surface area contributed by atoms with Crippen LogP contribution in [0.3, 0.4) is 0 Å². The first-order chi connectivity index (χ1) is 17.5. The van der Waals surface area contributed by atoms with E-state index in [2.05, 4.69) is 10.6 Å². The number of carbonyl (C=O) groups is 3. The van der Waals surface area contributed by atoms with Crippen LogP contribution in [0.15, 0.2) is 91.0 Å². The lowest BCUT2D eigenvalue weighted by Crippen LogP contribution is -2.34. The maximum atomic E-state index is 12.9. The number of benzene rings is 4. The number of ketones is 1. The fourth-order valence-electron chi connectivity index (χ4n) is 3.65. The quantitative estimate of drug-likeness (QED) is 0.266. The van der Waals surface area contributed by atoms with Gasteiger partial charge in [0.15, 0.2) is 5.78 Å². The number of hydrogen-bond acceptors (Lipinski definition) is 5. The molecule has 0 radical (unpaired) electrons. The van der Waals surface area contributed by atoms with Gasteiger partial charge >= 0.3 is 6.09 Å². The van der Waals surface area contributed by atoms with Crippen LogP contribution in [-0.2, 0) is 11.3 Å². The lowest BCUT2D eigenvalue weighted by Gasteiger charge is -2.09. The van der Waals surface area contributed by atoms with E-state index in [0.29, 0.717) is 16.7 Å². The second-order valence-corrected chi connectivity index (χ2v) is 8.08. The van der Waals surface area contributed by atoms with Crippen LogP contribution >= 0.6 is 0 Å². The summed E-state index contributed by atoms with van der Waals surface area (Å²) in [6, 6.07) is 27.0. The zero-order valence-electron chi connectivity index (χ0n) is 19.8. The molecule has 0 aromatic heterocycles. The molecule has 0 fully saturated rings. The van der Waals surface area contributed by atoms with E-state index in [1.165, 1.54) is 0 Å². The van der Waals surface area contributed by atoms with Crippen molar-refractivity contribution in [1.29, 1.82) is 0 Å². The fraction of sp³-hybridized carbons (Fsp3) is 0.138. The predicted octanol–water partition coefficient (Wildman–Crippen LogP) is 4.74. The minimum absolute atomic E-state index is 0.127. The van der Waals surface area contributed by atoms with Gasteiger partial charge in [-0.05, 0) is 46.7 Å². The van der Waals surface area contributed by atoms with Crippen LogP contribution in [-0.4, -0.2) is 38.0 Å². The Bertz CT molecular complexity index is 1370. The molecule has 7 heteroatoms. The van der Waals surface area contributed by atoms with Crippen molar-refractivity contribution in [3.63, 3.8) is 0 Å². The van der Waals surface area contributed by atoms with Crippen molar-refractivity contribution in [2.24, 2.45) is 0 Å². The first-order valence-corrected chi connectivity index (χ1v) is 11.5. The van der Waals surface area contributed by atoms with E-state index in [4.69, 9.17) is 9.47 Å². The van der Waals surface area contributed by atoms with Crippen molar-refractivity contribution in [3.05, 3.63) is 113 Å². The van der Waals surface area contributed by atoms with Gasteiger partial charge in [-0.2, -0.15) is 0 Å². The SMILES string of the molecule is COc1ccc2cc(C(=O)c3ccc(C(=O)NCCNC(=O)OCc4ccccc4)cc3)ccc2c1. The summed E-state index contributed by atoms with van der Waals surface area (Å²) in [6.45, 7) is 0.643. The molecule has 0 aliphatic heterocycles. The first-order valence-electron chi connectivity index (χ1n) is 11.5. The van der Waals surface area contributed by atoms with Gasteiger partial charge < -0.3 is 20.1 Å². The number of ether oxygens (including phenoxy) is 2. The third-order valence-corrected chi connectivity index (χ3v) is 5.61. The van der Waals surface area contributed by atoms with Gasteiger partial charge in [-0.25, -0.2) is 4.79 Å². The Balaban J connectivity index is 1.25. The summed E-state index contributed by atoms with van der Waals surface area (Å²) in [7, 11) is 1.62. The van der Waals surface area contributed by atoms with Crippen LogP contribution in [0.25, 0.3) is 10.8 Å². The molecule has 0 bridgehead atoms. The Morgan fingerprint density at radius 2 is 1.33 bits per heavy atom. The smallest absolute Gasteiger partial charge is 0.407 e. The number of methoxy groups -OCH3 is 1. The first kappa shape index (κ1) is 24.5. The minimum atomic E-state index is -0.552. The van der Waals surface area contributed by atoms with E-state index >= 15 is 0 Å². The maximum Gasteiger partial charge on any atom is 0.407 e. The van der Waals surface area contributed by atoms with E-state index < -0.39 is 6.09 Å². The van der Waals surface area contributed by atoms with Gasteiger partial charge in [0.1, 0.15) is 12.4 Å². The zero-order valence-corrected chi connectivity index (χ0v) is 19.8. The number of rotatable bonds is 9. The third kappa shape index (κ3) is 6.27. The van der Waals surface area contributed by atoms with E-state index in [1.807, 2.05) is 60.7 Å². The van der Waals surface area contributed by atoms with Crippen molar-refractivity contribution in [2.75, 3.05) is 20.2 Å². The fourth-order valence-corrected chi connectivity index (χ4v) is 3.65. The Labute approximate surface area is 209 Å². The molecule has 4 rings (SSSR count). The molecule has 0 aliphatic carbocycles. The predicted molar refractivity (Wildman–Crippen MR) is 137 cm³/mol. The summed E-state index contributed by atoms with van der Waals surface area (Å²) in [5.74, 6) is 0.334. The van der Waals surface area contributed by atoms with E-state index in [-0.39, 0.29) is 31.4 Å². The molecule has 0 spiro atoms. The van der Waals surface area contributed by atoms with E-state index in [0.717, 1.165) is 22.1 Å². The summed E-state index contributed by atoms with van der Waals surface area (Å²) in [5.41, 5.74) is 2.37. The molecular formula is C29H26N2O5. The molecule has 0 saturated carbocycles. The largest absolute Gasteiger partial charge is 0.497 e. The minimum Gasteiger partial charge on any atom is -0.497 e. The molecule has 7 nitrogen and oxygen atoms in total. The highest BCUT2D eigenvalue weighted by Gasteiger charge is 2.12. The number of fused-ring (bicyclic) bond motifs is 1. The molecule has 4 aromatic rings. The number of alkyl carbamates (subject to hydrolysis) is 1. The normalized spacial score (nSPS) is 10.5. The Kier molecular flexibility index (Phi) is 7.93. The molecule has 36 heavy (non-hydrogen) atoms. The van der Waals surface area contributed by atoms with Crippen molar-refractivity contribution in [3.8, 4) is 5.75 Å². The van der Waals surface area contributed by atoms with Gasteiger partial charge in [0.2, 0.25) is 0 Å². The van der Waals surface area contributed by atoms with Gasteiger partial charge in [0.25, 0.3) is 5.91 Å². The van der Waals surface area contributed by atoms with Crippen molar-refractivity contribution in [1.82, 2.24) is 10.6 Å². The van der Waals surface area contributed by atoms with Gasteiger partial charge in [0.05, 0.1) is 7.11 Å². The molecule has 0 atom stereocenters. The second-order valence-electron chi connectivity index (χ2n) is 8.08. The molecule has 0 heterocycles. The average molecular weight is 483 g/mol. The molecule has 0 aliphatic rings. The highest BCUT2D eigenvalue weighted by molar-refractivity contribution is 6.11. The van der Waals surface area contributed by atoms with Gasteiger partial charge in [-0.15, -0.1) is 0 Å². The lowest BCUT2D eigenvalue weighted by atomic mass is 9.99. The Morgan fingerprint density at radius 3 is 2.08 bits per heavy atom. The maximum absolute atomic E-state index is 12.9. The number of carbonyl (C=O) groups excluding carboxylic acids is 3. The van der Waals surface area contributed by atoms with Gasteiger partial charge in [0, 0.05) is 29.8 Å². The Hall–Kier alpha value is -4.65. The lowest BCUT2D eigenvalue weighted by molar-refractivity contribution is 0.0950. The van der Waals surface area contributed by atoms with Crippen molar-refractivity contribution < 1.29 is 23.9 Å². The average Bonchev–Trinajstić information content (AvgIpc) is 2.93. The standard InChI is InChI=1S/C29H26N2O5/c1-35-26-14-13-23-17-25(12-11-24(23)18-26)27(32)21-7-9-22(10-8-21)28(33)30-15-16-31-29(34)36-19-20-5-3-2-4-6-20/h2-14,17-18H,15-16,19H2,1H3,(H,30,33)(H,31,34). The highest BCUT2D eigenvalue weighted by atomic mass is 16.5. The molecule has 4 aromatic carbocycles. The summed E-state index contributed by atoms with van der Waals surface area (Å²) in [4.78, 5) is 37.1. The number of nitrogens with one attached hydrogen (secondary N) is 2. The van der Waals surface area contributed by atoms with Crippen LogP contribution in [0.1, 0.15) is 31.8 Å². The number of amides is 2. The topological polar surface area (TPSA) is 93.7 Å². The van der Waals surface area contributed by atoms with Gasteiger partial charge in [-0.3, -0.25) is 9.59 Å². The molecule has 0 saturated heterocycles. The Morgan fingerprint density at radius 1 is 0.694 bits per heavy atom. The molecular weight excluding hydrogens is 456 g/mol. The number of hydrogen-bond donors (Lipinski definition) is 2. The highest BCUT2D eigenvalue weighted by Crippen LogP contribution is 2.23. The van der Waals surface area contributed by atoms with Crippen LogP contribution in [0.4, 0.5) is 4.79 Å². The van der Waals surface area contributed by atoms with Crippen LogP contribution in [0, 0.1) is 0 Å². The third-order valence-electron chi connectivity index (χ3n) is 5.61. The summed E-state index contributed by atoms with van der Waals surface area (Å²) >= 11 is 0. The molecule has 2 N–H and O–H groups in total. The van der Waals surface area contributed by atoms with Crippen LogP contribution in [0.5, 0.6) is 5.75 Å². The van der Waals surface area contributed by atoms with Crippen molar-refractivity contribution >= 4 is 28.6 Å². The van der Waals surface area contributed by atoms with Crippen molar-refractivity contribution in [2.45, 2.75) is 6.61 Å². The summed E-state index contributed by atoms with van der Waals surface area (Å²) in [6.07, 6.45) is -0.552. The molecule has 0 unspecified atom stereocenters. The van der Waals surface area contributed by atoms with Gasteiger partial charge in [-0.1, -0.05) is 60.7 Å². The van der Waals surface area contributed by atoms with Crippen LogP contribution in [0.2, 0.25) is 0 Å². The van der Waals surface area contributed by atoms with Crippen LogP contribution < -0.4 is 15.4 Å².